The summed E-state index contributed by atoms with van der Waals surface area (Å²) in [6.07, 6.45) is 0. The number of amides is 2. The van der Waals surface area contributed by atoms with Crippen molar-refractivity contribution in [3.63, 3.8) is 0 Å². The molecule has 2 amide bonds. The van der Waals surface area contributed by atoms with E-state index in [1.165, 1.54) is 6.07 Å². The van der Waals surface area contributed by atoms with Gasteiger partial charge in [0.15, 0.2) is 6.61 Å². The number of carbonyl (C=O) groups excluding carboxylic acids is 2. The van der Waals surface area contributed by atoms with Crippen molar-refractivity contribution in [1.29, 1.82) is 0 Å². The van der Waals surface area contributed by atoms with Crippen LogP contribution < -0.4 is 15.6 Å². The minimum atomic E-state index is -0.454. The third-order valence-corrected chi connectivity index (χ3v) is 3.87. The fourth-order valence-electron chi connectivity index (χ4n) is 2.14. The van der Waals surface area contributed by atoms with Gasteiger partial charge in [-0.3, -0.25) is 20.4 Å². The predicted octanol–water partition coefficient (Wildman–Crippen LogP) is 3.61. The summed E-state index contributed by atoms with van der Waals surface area (Å²) in [6, 6.07) is 12.4. The first-order valence-electron chi connectivity index (χ1n) is 7.95. The van der Waals surface area contributed by atoms with Crippen LogP contribution in [-0.2, 0) is 4.79 Å². The Morgan fingerprint density at radius 3 is 2.56 bits per heavy atom. The molecule has 0 aliphatic carbocycles. The maximum Gasteiger partial charge on any atom is 0.276 e. The van der Waals surface area contributed by atoms with Gasteiger partial charge >= 0.3 is 0 Å². The average Bonchev–Trinajstić information content (AvgIpc) is 2.58. The van der Waals surface area contributed by atoms with Gasteiger partial charge in [0.05, 0.1) is 0 Å². The van der Waals surface area contributed by atoms with Crippen LogP contribution in [0.3, 0.4) is 0 Å². The molecule has 0 saturated heterocycles. The number of hydrazine groups is 1. The molecule has 0 heterocycles. The topological polar surface area (TPSA) is 67.4 Å². The third-order valence-electron chi connectivity index (χ3n) is 3.64. The Labute approximate surface area is 152 Å². The summed E-state index contributed by atoms with van der Waals surface area (Å²) in [7, 11) is 0. The second-order valence-electron chi connectivity index (χ2n) is 5.98. The number of benzene rings is 2. The normalized spacial score (nSPS) is 10.4. The van der Waals surface area contributed by atoms with Gasteiger partial charge in [0.1, 0.15) is 5.75 Å². The molecule has 0 aromatic heterocycles. The number of rotatable bonds is 5. The van der Waals surface area contributed by atoms with Crippen molar-refractivity contribution in [3.05, 3.63) is 64.2 Å². The van der Waals surface area contributed by atoms with Crippen molar-refractivity contribution in [2.45, 2.75) is 26.7 Å². The zero-order valence-electron chi connectivity index (χ0n) is 14.4. The molecule has 0 spiro atoms. The number of hydrogen-bond acceptors (Lipinski definition) is 3. The van der Waals surface area contributed by atoms with E-state index in [9.17, 15) is 9.59 Å². The quantitative estimate of drug-likeness (QED) is 0.800. The summed E-state index contributed by atoms with van der Waals surface area (Å²) in [4.78, 5) is 23.8. The Morgan fingerprint density at radius 2 is 1.88 bits per heavy atom. The first kappa shape index (κ1) is 18.8. The van der Waals surface area contributed by atoms with Gasteiger partial charge in [-0.1, -0.05) is 43.6 Å². The van der Waals surface area contributed by atoms with E-state index in [4.69, 9.17) is 16.3 Å². The van der Waals surface area contributed by atoms with Crippen LogP contribution in [0, 0.1) is 6.92 Å². The van der Waals surface area contributed by atoms with Crippen molar-refractivity contribution in [1.82, 2.24) is 10.9 Å². The molecule has 0 atom stereocenters. The molecule has 2 N–H and O–H groups in total. The molecule has 2 aromatic rings. The average molecular weight is 361 g/mol. The first-order chi connectivity index (χ1) is 11.9. The van der Waals surface area contributed by atoms with Crippen LogP contribution in [0.4, 0.5) is 0 Å². The van der Waals surface area contributed by atoms with E-state index in [0.717, 1.165) is 11.1 Å². The molecule has 25 heavy (non-hydrogen) atoms. The lowest BCUT2D eigenvalue weighted by atomic mass is 10.0. The minimum Gasteiger partial charge on any atom is -0.483 e. The van der Waals surface area contributed by atoms with E-state index in [0.29, 0.717) is 22.3 Å². The number of carbonyl (C=O) groups is 2. The monoisotopic (exact) mass is 360 g/mol. The van der Waals surface area contributed by atoms with E-state index < -0.39 is 11.8 Å². The van der Waals surface area contributed by atoms with Crippen LogP contribution >= 0.6 is 11.6 Å². The van der Waals surface area contributed by atoms with Gasteiger partial charge in [-0.25, -0.2) is 0 Å². The van der Waals surface area contributed by atoms with E-state index in [1.807, 2.05) is 25.1 Å². The van der Waals surface area contributed by atoms with Crippen LogP contribution in [0.2, 0.25) is 5.02 Å². The molecular formula is C19H21ClN2O3. The Hall–Kier alpha value is -2.53. The van der Waals surface area contributed by atoms with Crippen molar-refractivity contribution in [2.24, 2.45) is 0 Å². The molecule has 0 radical (unpaired) electrons. The fourth-order valence-corrected chi connectivity index (χ4v) is 2.33. The second-order valence-corrected chi connectivity index (χ2v) is 6.42. The van der Waals surface area contributed by atoms with Gasteiger partial charge in [-0.05, 0) is 48.2 Å². The van der Waals surface area contributed by atoms with Crippen molar-refractivity contribution < 1.29 is 14.3 Å². The van der Waals surface area contributed by atoms with E-state index >= 15 is 0 Å². The molecule has 5 nitrogen and oxygen atoms in total. The molecule has 0 aliphatic heterocycles. The lowest BCUT2D eigenvalue weighted by Crippen LogP contribution is -2.43. The zero-order chi connectivity index (χ0) is 18.4. The molecule has 132 valence electrons. The summed E-state index contributed by atoms with van der Waals surface area (Å²) >= 11 is 5.83. The Morgan fingerprint density at radius 1 is 1.12 bits per heavy atom. The first-order valence-corrected chi connectivity index (χ1v) is 8.32. The smallest absolute Gasteiger partial charge is 0.276 e. The number of halogens is 1. The van der Waals surface area contributed by atoms with E-state index in [-0.39, 0.29) is 6.61 Å². The molecular weight excluding hydrogens is 340 g/mol. The molecule has 0 bridgehead atoms. The van der Waals surface area contributed by atoms with E-state index in [1.54, 1.807) is 18.2 Å². The lowest BCUT2D eigenvalue weighted by Gasteiger charge is -2.13. The number of aryl methyl sites for hydroxylation is 1. The van der Waals surface area contributed by atoms with Crippen LogP contribution in [0.5, 0.6) is 5.75 Å². The van der Waals surface area contributed by atoms with Crippen molar-refractivity contribution in [2.75, 3.05) is 6.61 Å². The number of hydrogen-bond donors (Lipinski definition) is 2. The lowest BCUT2D eigenvalue weighted by molar-refractivity contribution is -0.123. The van der Waals surface area contributed by atoms with Gasteiger partial charge < -0.3 is 4.74 Å². The Kier molecular flexibility index (Phi) is 6.42. The summed E-state index contributed by atoms with van der Waals surface area (Å²) in [5.41, 5.74) is 7.09. The van der Waals surface area contributed by atoms with Gasteiger partial charge in [0.2, 0.25) is 0 Å². The Bertz CT molecular complexity index is 775. The van der Waals surface area contributed by atoms with Crippen LogP contribution in [0.15, 0.2) is 42.5 Å². The molecule has 0 saturated carbocycles. The maximum absolute atomic E-state index is 11.9. The fraction of sp³-hybridized carbons (Fsp3) is 0.263. The molecule has 0 unspecified atom stereocenters. The van der Waals surface area contributed by atoms with Gasteiger partial charge in [0, 0.05) is 10.6 Å². The van der Waals surface area contributed by atoms with Crippen LogP contribution in [0.25, 0.3) is 0 Å². The highest BCUT2D eigenvalue weighted by atomic mass is 35.5. The standard InChI is InChI=1S/C19H21ClN2O3/c1-12(2)14-8-7-13(3)17(10-14)25-11-18(23)21-22-19(24)15-5-4-6-16(20)9-15/h4-10,12H,11H2,1-3H3,(H,21,23)(H,22,24). The Balaban J connectivity index is 1.87. The maximum atomic E-state index is 11.9. The second kappa shape index (κ2) is 8.53. The number of nitrogens with one attached hydrogen (secondary N) is 2. The largest absolute Gasteiger partial charge is 0.483 e. The van der Waals surface area contributed by atoms with Crippen LogP contribution in [-0.4, -0.2) is 18.4 Å². The SMILES string of the molecule is Cc1ccc(C(C)C)cc1OCC(=O)NNC(=O)c1cccc(Cl)c1. The number of ether oxygens (including phenoxy) is 1. The third kappa shape index (κ3) is 5.50. The summed E-state index contributed by atoms with van der Waals surface area (Å²) in [5, 5.41) is 0.447. The van der Waals surface area contributed by atoms with E-state index in [2.05, 4.69) is 24.7 Å². The zero-order valence-corrected chi connectivity index (χ0v) is 15.2. The molecule has 6 heteroatoms. The molecule has 2 aromatic carbocycles. The predicted molar refractivity (Wildman–Crippen MR) is 97.8 cm³/mol. The van der Waals surface area contributed by atoms with Gasteiger partial charge in [0.25, 0.3) is 11.8 Å². The molecule has 0 fully saturated rings. The van der Waals surface area contributed by atoms with Gasteiger partial charge in [-0.2, -0.15) is 0 Å². The molecule has 2 rings (SSSR count). The summed E-state index contributed by atoms with van der Waals surface area (Å²) in [6.45, 7) is 5.90. The molecule has 0 aliphatic rings. The summed E-state index contributed by atoms with van der Waals surface area (Å²) < 4.78 is 5.56. The summed E-state index contributed by atoms with van der Waals surface area (Å²) in [5.74, 6) is 0.120. The van der Waals surface area contributed by atoms with Gasteiger partial charge in [-0.15, -0.1) is 0 Å². The van der Waals surface area contributed by atoms with Crippen LogP contribution in [0.1, 0.15) is 41.3 Å². The highest BCUT2D eigenvalue weighted by molar-refractivity contribution is 6.30. The minimum absolute atomic E-state index is 0.196. The highest BCUT2D eigenvalue weighted by Gasteiger charge is 2.10. The van der Waals surface area contributed by atoms with Crippen molar-refractivity contribution >= 4 is 23.4 Å². The van der Waals surface area contributed by atoms with Crippen molar-refractivity contribution in [3.8, 4) is 5.75 Å². The highest BCUT2D eigenvalue weighted by Crippen LogP contribution is 2.24.